The molecular weight excluding hydrogens is 280 g/mol. The minimum atomic E-state index is -0.0918. The summed E-state index contributed by atoms with van der Waals surface area (Å²) in [5.74, 6) is 0.122. The number of alkyl halides is 1. The van der Waals surface area contributed by atoms with Crippen molar-refractivity contribution in [1.29, 1.82) is 0 Å². The van der Waals surface area contributed by atoms with E-state index in [1.54, 1.807) is 0 Å². The molecule has 1 fully saturated rings. The van der Waals surface area contributed by atoms with Crippen LogP contribution in [0.3, 0.4) is 0 Å². The van der Waals surface area contributed by atoms with Gasteiger partial charge in [0.2, 0.25) is 5.91 Å². The Hall–Kier alpha value is -0.870. The summed E-state index contributed by atoms with van der Waals surface area (Å²) in [6, 6.07) is 10.2. The van der Waals surface area contributed by atoms with E-state index in [-0.39, 0.29) is 11.4 Å². The summed E-state index contributed by atoms with van der Waals surface area (Å²) >= 11 is 3.25. The maximum Gasteiger partial charge on any atom is 0.233 e. The number of hydrogen-bond acceptors (Lipinski definition) is 2. The fraction of sp³-hybridized carbons (Fsp3) is 0.462. The molecule has 1 aromatic rings. The zero-order chi connectivity index (χ0) is 12.3. The molecule has 1 aromatic carbocycles. The first kappa shape index (κ1) is 12.6. The van der Waals surface area contributed by atoms with Gasteiger partial charge >= 0.3 is 0 Å². The summed E-state index contributed by atoms with van der Waals surface area (Å²) in [6.07, 6.45) is 2.07. The molecule has 3 nitrogen and oxygen atoms in total. The van der Waals surface area contributed by atoms with Crippen molar-refractivity contribution in [1.82, 2.24) is 4.90 Å². The highest BCUT2D eigenvalue weighted by atomic mass is 79.9. The lowest BCUT2D eigenvalue weighted by Crippen LogP contribution is -2.44. The number of carbonyl (C=O) groups is 1. The van der Waals surface area contributed by atoms with E-state index in [1.165, 1.54) is 5.56 Å². The van der Waals surface area contributed by atoms with Crippen molar-refractivity contribution >= 4 is 21.8 Å². The van der Waals surface area contributed by atoms with Gasteiger partial charge in [-0.25, -0.2) is 0 Å². The van der Waals surface area contributed by atoms with Gasteiger partial charge in [-0.15, -0.1) is 0 Å². The lowest BCUT2D eigenvalue weighted by molar-refractivity contribution is -0.131. The summed E-state index contributed by atoms with van der Waals surface area (Å²) in [7, 11) is 0. The Labute approximate surface area is 110 Å². The number of amides is 1. The number of nitrogens with zero attached hydrogens (tertiary/aromatic N) is 1. The number of rotatable bonds is 5. The third kappa shape index (κ3) is 2.38. The highest BCUT2D eigenvalue weighted by molar-refractivity contribution is 9.09. The first-order valence-corrected chi connectivity index (χ1v) is 6.99. The van der Waals surface area contributed by atoms with Crippen LogP contribution < -0.4 is 5.73 Å². The molecule has 2 N–H and O–H groups in total. The SMILES string of the molecule is NCCN(C(=O)CBr)C1(c2ccccc2)CC1. The summed E-state index contributed by atoms with van der Waals surface area (Å²) < 4.78 is 0. The molecule has 92 valence electrons. The van der Waals surface area contributed by atoms with Gasteiger partial charge in [0.15, 0.2) is 0 Å². The van der Waals surface area contributed by atoms with Gasteiger partial charge < -0.3 is 10.6 Å². The monoisotopic (exact) mass is 296 g/mol. The lowest BCUT2D eigenvalue weighted by Gasteiger charge is -2.32. The zero-order valence-electron chi connectivity index (χ0n) is 9.73. The summed E-state index contributed by atoms with van der Waals surface area (Å²) in [5, 5.41) is 0.363. The van der Waals surface area contributed by atoms with Crippen LogP contribution in [0.5, 0.6) is 0 Å². The second-order valence-electron chi connectivity index (χ2n) is 4.37. The molecule has 0 heterocycles. The molecule has 1 aliphatic carbocycles. The fourth-order valence-electron chi connectivity index (χ4n) is 2.36. The molecule has 2 rings (SSSR count). The van der Waals surface area contributed by atoms with E-state index in [2.05, 4.69) is 28.1 Å². The molecule has 0 radical (unpaired) electrons. The van der Waals surface area contributed by atoms with Crippen molar-refractivity contribution in [3.63, 3.8) is 0 Å². The molecule has 1 saturated carbocycles. The minimum Gasteiger partial charge on any atom is -0.331 e. The maximum atomic E-state index is 12.0. The minimum absolute atomic E-state index is 0.0918. The standard InChI is InChI=1S/C13H17BrN2O/c14-10-12(17)16(9-8-15)13(6-7-13)11-4-2-1-3-5-11/h1-5H,6-10,15H2. The molecule has 0 saturated heterocycles. The van der Waals surface area contributed by atoms with E-state index in [9.17, 15) is 4.79 Å². The number of carbonyl (C=O) groups excluding carboxylic acids is 1. The van der Waals surface area contributed by atoms with Crippen LogP contribution in [-0.4, -0.2) is 29.2 Å². The molecular formula is C13H17BrN2O. The van der Waals surface area contributed by atoms with Crippen LogP contribution in [0.4, 0.5) is 0 Å². The zero-order valence-corrected chi connectivity index (χ0v) is 11.3. The van der Waals surface area contributed by atoms with Gasteiger partial charge in [0.1, 0.15) is 0 Å². The number of halogens is 1. The largest absolute Gasteiger partial charge is 0.331 e. The average molecular weight is 297 g/mol. The van der Waals surface area contributed by atoms with Crippen LogP contribution in [-0.2, 0) is 10.3 Å². The number of nitrogens with two attached hydrogens (primary N) is 1. The van der Waals surface area contributed by atoms with E-state index in [1.807, 2.05) is 23.1 Å². The summed E-state index contributed by atoms with van der Waals surface area (Å²) in [6.45, 7) is 1.13. The molecule has 0 aromatic heterocycles. The van der Waals surface area contributed by atoms with Gasteiger partial charge in [0, 0.05) is 13.1 Å². The predicted octanol–water partition coefficient (Wildman–Crippen LogP) is 1.86. The van der Waals surface area contributed by atoms with Crippen LogP contribution in [0.2, 0.25) is 0 Å². The second-order valence-corrected chi connectivity index (χ2v) is 4.93. The second kappa shape index (κ2) is 5.19. The molecule has 4 heteroatoms. The Balaban J connectivity index is 2.27. The van der Waals surface area contributed by atoms with Crippen LogP contribution in [0.1, 0.15) is 18.4 Å². The highest BCUT2D eigenvalue weighted by Gasteiger charge is 2.50. The van der Waals surface area contributed by atoms with E-state index in [0.29, 0.717) is 18.4 Å². The number of hydrogen-bond donors (Lipinski definition) is 1. The van der Waals surface area contributed by atoms with Gasteiger partial charge in [0.05, 0.1) is 10.9 Å². The van der Waals surface area contributed by atoms with Gasteiger partial charge in [0.25, 0.3) is 0 Å². The van der Waals surface area contributed by atoms with Gasteiger partial charge in [-0.05, 0) is 18.4 Å². The molecule has 0 bridgehead atoms. The summed E-state index contributed by atoms with van der Waals surface area (Å²) in [4.78, 5) is 13.9. The molecule has 0 aliphatic heterocycles. The van der Waals surface area contributed by atoms with Crippen LogP contribution in [0.25, 0.3) is 0 Å². The number of benzene rings is 1. The Bertz CT molecular complexity index is 390. The maximum absolute atomic E-state index is 12.0. The van der Waals surface area contributed by atoms with E-state index in [0.717, 1.165) is 12.8 Å². The van der Waals surface area contributed by atoms with Crippen molar-refractivity contribution < 1.29 is 4.79 Å². The van der Waals surface area contributed by atoms with E-state index >= 15 is 0 Å². The van der Waals surface area contributed by atoms with Crippen molar-refractivity contribution in [2.45, 2.75) is 18.4 Å². The van der Waals surface area contributed by atoms with Gasteiger partial charge in [-0.2, -0.15) is 0 Å². The Morgan fingerprint density at radius 1 is 1.35 bits per heavy atom. The molecule has 17 heavy (non-hydrogen) atoms. The van der Waals surface area contributed by atoms with Gasteiger partial charge in [-0.3, -0.25) is 4.79 Å². The van der Waals surface area contributed by atoms with Crippen molar-refractivity contribution in [2.24, 2.45) is 5.73 Å². The highest BCUT2D eigenvalue weighted by Crippen LogP contribution is 2.50. The molecule has 1 aliphatic rings. The third-order valence-electron chi connectivity index (χ3n) is 3.32. The molecule has 0 unspecified atom stereocenters. The fourth-order valence-corrected chi connectivity index (χ4v) is 2.66. The van der Waals surface area contributed by atoms with Crippen LogP contribution >= 0.6 is 15.9 Å². The molecule has 1 amide bonds. The topological polar surface area (TPSA) is 46.3 Å². The summed E-state index contributed by atoms with van der Waals surface area (Å²) in [5.41, 5.74) is 6.75. The average Bonchev–Trinajstić information content (AvgIpc) is 3.17. The lowest BCUT2D eigenvalue weighted by atomic mass is 10.0. The van der Waals surface area contributed by atoms with Gasteiger partial charge in [-0.1, -0.05) is 46.3 Å². The Morgan fingerprint density at radius 2 is 2.00 bits per heavy atom. The predicted molar refractivity (Wildman–Crippen MR) is 71.9 cm³/mol. The van der Waals surface area contributed by atoms with Crippen LogP contribution in [0, 0.1) is 0 Å². The third-order valence-corrected chi connectivity index (χ3v) is 3.80. The smallest absolute Gasteiger partial charge is 0.233 e. The Morgan fingerprint density at radius 3 is 2.47 bits per heavy atom. The first-order chi connectivity index (χ1) is 8.24. The normalized spacial score (nSPS) is 16.6. The van der Waals surface area contributed by atoms with Crippen molar-refractivity contribution in [2.75, 3.05) is 18.4 Å². The van der Waals surface area contributed by atoms with Crippen molar-refractivity contribution in [3.05, 3.63) is 35.9 Å². The molecule has 0 spiro atoms. The van der Waals surface area contributed by atoms with E-state index < -0.39 is 0 Å². The quantitative estimate of drug-likeness (QED) is 0.843. The van der Waals surface area contributed by atoms with E-state index in [4.69, 9.17) is 5.73 Å². The van der Waals surface area contributed by atoms with Crippen LogP contribution in [0.15, 0.2) is 30.3 Å². The Kier molecular flexibility index (Phi) is 3.84. The first-order valence-electron chi connectivity index (χ1n) is 5.86. The van der Waals surface area contributed by atoms with Crippen molar-refractivity contribution in [3.8, 4) is 0 Å². The molecule has 0 atom stereocenters.